The van der Waals surface area contributed by atoms with E-state index in [1.807, 2.05) is 30.3 Å². The van der Waals surface area contributed by atoms with Crippen molar-refractivity contribution in [2.75, 3.05) is 0 Å². The molecule has 0 saturated carbocycles. The molecule has 2 aromatic heterocycles. The molecule has 4 nitrogen and oxygen atoms in total. The molecule has 61 heavy (non-hydrogen) atoms. The van der Waals surface area contributed by atoms with E-state index in [0.29, 0.717) is 11.6 Å². The maximum Gasteiger partial charge on any atom is 0.167 e. The van der Waals surface area contributed by atoms with Gasteiger partial charge >= 0.3 is 0 Å². The Morgan fingerprint density at radius 2 is 1.26 bits per heavy atom. The fraction of sp³-hybridized carbons (Fsp3) is 0.140. The first-order valence-electron chi connectivity index (χ1n) is 21.7. The summed E-state index contributed by atoms with van der Waals surface area (Å²) in [5, 5.41) is 2.14. The molecule has 292 valence electrons. The van der Waals surface area contributed by atoms with Crippen molar-refractivity contribution in [2.24, 2.45) is 0 Å². The fourth-order valence-corrected chi connectivity index (χ4v) is 10.8. The summed E-state index contributed by atoms with van der Waals surface area (Å²) in [6, 6.07) is 57.0. The van der Waals surface area contributed by atoms with Crippen LogP contribution in [0.5, 0.6) is 0 Å². The van der Waals surface area contributed by atoms with Gasteiger partial charge in [0, 0.05) is 22.3 Å². The van der Waals surface area contributed by atoms with Gasteiger partial charge in [-0.3, -0.25) is 0 Å². The van der Waals surface area contributed by atoms with Crippen LogP contribution >= 0.6 is 0 Å². The van der Waals surface area contributed by atoms with Crippen LogP contribution in [0.15, 0.2) is 180 Å². The molecular formula is C57H43N3O. The van der Waals surface area contributed by atoms with Gasteiger partial charge in [0.2, 0.25) is 0 Å². The molecule has 9 aromatic rings. The van der Waals surface area contributed by atoms with Crippen molar-refractivity contribution in [2.45, 2.75) is 50.9 Å². The fourth-order valence-electron chi connectivity index (χ4n) is 10.8. The molecule has 7 aromatic carbocycles. The number of nitrogens with zero attached hydrogens (tertiary/aromatic N) is 3. The molecule has 0 saturated heterocycles. The van der Waals surface area contributed by atoms with Crippen LogP contribution in [0.1, 0.15) is 71.3 Å². The summed E-state index contributed by atoms with van der Waals surface area (Å²) in [7, 11) is 0. The highest BCUT2D eigenvalue weighted by atomic mass is 16.3. The van der Waals surface area contributed by atoms with Gasteiger partial charge in [0.05, 0.1) is 11.0 Å². The second-order valence-corrected chi connectivity index (χ2v) is 16.8. The van der Waals surface area contributed by atoms with Gasteiger partial charge in [-0.25, -0.2) is 15.0 Å². The SMILES string of the molecule is CCC(Cc1ccccc1-c1cc2c(cc1C)C1(C3=C2C=CCC3)c2ccccc2-c2ccccc21)c1nc(-c2ccccc2)nc(-c2cccc3c2oc2ccccc23)n1. The summed E-state index contributed by atoms with van der Waals surface area (Å²) in [4.78, 5) is 15.7. The number of fused-ring (bicyclic) bond motifs is 12. The summed E-state index contributed by atoms with van der Waals surface area (Å²) < 4.78 is 6.50. The topological polar surface area (TPSA) is 51.8 Å². The highest BCUT2D eigenvalue weighted by Crippen LogP contribution is 2.64. The largest absolute Gasteiger partial charge is 0.455 e. The zero-order valence-electron chi connectivity index (χ0n) is 34.3. The van der Waals surface area contributed by atoms with Crippen molar-refractivity contribution in [1.82, 2.24) is 15.0 Å². The van der Waals surface area contributed by atoms with Gasteiger partial charge in [-0.05, 0) is 118 Å². The summed E-state index contributed by atoms with van der Waals surface area (Å²) >= 11 is 0. The number of aryl methyl sites for hydroxylation is 1. The second kappa shape index (κ2) is 14.0. The molecule has 2 heterocycles. The van der Waals surface area contributed by atoms with Gasteiger partial charge in [0.15, 0.2) is 11.6 Å². The Bertz CT molecular complexity index is 3250. The van der Waals surface area contributed by atoms with Gasteiger partial charge in [0.1, 0.15) is 17.0 Å². The molecule has 1 spiro atoms. The van der Waals surface area contributed by atoms with Gasteiger partial charge < -0.3 is 4.42 Å². The maximum absolute atomic E-state index is 6.50. The summed E-state index contributed by atoms with van der Waals surface area (Å²) in [5.74, 6) is 2.13. The van der Waals surface area contributed by atoms with Crippen molar-refractivity contribution in [3.63, 3.8) is 0 Å². The number of rotatable bonds is 7. The molecular weight excluding hydrogens is 743 g/mol. The lowest BCUT2D eigenvalue weighted by Gasteiger charge is -2.33. The third-order valence-electron chi connectivity index (χ3n) is 13.6. The number of allylic oxidation sites excluding steroid dienone is 4. The molecule has 0 bridgehead atoms. The summed E-state index contributed by atoms with van der Waals surface area (Å²) in [5.41, 5.74) is 19.6. The zero-order valence-corrected chi connectivity index (χ0v) is 34.3. The average Bonchev–Trinajstić information content (AvgIpc) is 3.95. The Labute approximate surface area is 356 Å². The van der Waals surface area contributed by atoms with Crippen LogP contribution < -0.4 is 0 Å². The van der Waals surface area contributed by atoms with E-state index >= 15 is 0 Å². The Morgan fingerprint density at radius 3 is 2.07 bits per heavy atom. The molecule has 0 radical (unpaired) electrons. The van der Waals surface area contributed by atoms with E-state index < -0.39 is 0 Å². The van der Waals surface area contributed by atoms with Crippen LogP contribution in [0.4, 0.5) is 0 Å². The molecule has 12 rings (SSSR count). The van der Waals surface area contributed by atoms with Crippen LogP contribution in [0.25, 0.3) is 72.5 Å². The minimum absolute atomic E-state index is 0.0420. The van der Waals surface area contributed by atoms with E-state index in [1.54, 1.807) is 0 Å². The number of benzene rings is 7. The first kappa shape index (κ1) is 35.7. The summed E-state index contributed by atoms with van der Waals surface area (Å²) in [6.07, 6.45) is 8.54. The number of hydrogen-bond acceptors (Lipinski definition) is 4. The predicted octanol–water partition coefficient (Wildman–Crippen LogP) is 14.2. The Balaban J connectivity index is 0.985. The lowest BCUT2D eigenvalue weighted by molar-refractivity contribution is 0.615. The molecule has 3 aliphatic rings. The minimum atomic E-state index is -0.279. The van der Waals surface area contributed by atoms with Crippen LogP contribution in [0, 0.1) is 6.92 Å². The third-order valence-corrected chi connectivity index (χ3v) is 13.6. The number of hydrogen-bond donors (Lipinski definition) is 0. The minimum Gasteiger partial charge on any atom is -0.455 e. The second-order valence-electron chi connectivity index (χ2n) is 16.8. The molecule has 1 atom stereocenters. The standard InChI is InChI=1S/C57H43N3O/c1-3-36(54-58-55(37-18-5-4-6-19-37)60-56(59-54)45-27-17-26-44-43-25-12-16-31-52(43)61-53(44)45)33-38-20-7-8-21-39(38)46-34-47-42-24-11-15-30-50(42)57(51(47)32-35(46)2)48-28-13-9-22-40(48)41-23-10-14-29-49(41)57/h4-14,16-29,31-32,34,36H,3,15,30,33H2,1-2H3. The van der Waals surface area contributed by atoms with Crippen LogP contribution in [0.3, 0.4) is 0 Å². The molecule has 0 fully saturated rings. The van der Waals surface area contributed by atoms with E-state index in [4.69, 9.17) is 19.4 Å². The quantitative estimate of drug-likeness (QED) is 0.161. The van der Waals surface area contributed by atoms with Crippen molar-refractivity contribution in [1.29, 1.82) is 0 Å². The van der Waals surface area contributed by atoms with E-state index in [9.17, 15) is 0 Å². The van der Waals surface area contributed by atoms with Crippen molar-refractivity contribution in [3.8, 4) is 45.0 Å². The first-order valence-corrected chi connectivity index (χ1v) is 21.7. The van der Waals surface area contributed by atoms with E-state index in [2.05, 4.69) is 153 Å². The van der Waals surface area contributed by atoms with Gasteiger partial charge in [0.25, 0.3) is 0 Å². The number of para-hydroxylation sites is 2. The Kier molecular flexibility index (Phi) is 8.18. The summed E-state index contributed by atoms with van der Waals surface area (Å²) in [6.45, 7) is 4.56. The maximum atomic E-state index is 6.50. The molecule has 1 unspecified atom stereocenters. The van der Waals surface area contributed by atoms with Crippen molar-refractivity contribution in [3.05, 3.63) is 215 Å². The third kappa shape index (κ3) is 5.34. The lowest BCUT2D eigenvalue weighted by atomic mass is 9.68. The highest BCUT2D eigenvalue weighted by Gasteiger charge is 2.52. The molecule has 0 aliphatic heterocycles. The van der Waals surface area contributed by atoms with Crippen LogP contribution in [-0.4, -0.2) is 15.0 Å². The number of furan rings is 1. The van der Waals surface area contributed by atoms with E-state index in [1.165, 1.54) is 66.8 Å². The van der Waals surface area contributed by atoms with Gasteiger partial charge in [-0.2, -0.15) is 0 Å². The van der Waals surface area contributed by atoms with Gasteiger partial charge in [-0.15, -0.1) is 0 Å². The molecule has 3 aliphatic carbocycles. The van der Waals surface area contributed by atoms with Gasteiger partial charge in [-0.1, -0.05) is 159 Å². The average molecular weight is 786 g/mol. The van der Waals surface area contributed by atoms with E-state index in [-0.39, 0.29) is 11.3 Å². The van der Waals surface area contributed by atoms with Crippen LogP contribution in [0.2, 0.25) is 0 Å². The highest BCUT2D eigenvalue weighted by molar-refractivity contribution is 6.09. The smallest absolute Gasteiger partial charge is 0.167 e. The van der Waals surface area contributed by atoms with Crippen LogP contribution in [-0.2, 0) is 11.8 Å². The van der Waals surface area contributed by atoms with E-state index in [0.717, 1.165) is 64.6 Å². The molecule has 0 N–H and O–H groups in total. The monoisotopic (exact) mass is 785 g/mol. The Morgan fingerprint density at radius 1 is 0.590 bits per heavy atom. The molecule has 4 heteroatoms. The Hall–Kier alpha value is -7.17. The predicted molar refractivity (Wildman–Crippen MR) is 248 cm³/mol. The zero-order chi connectivity index (χ0) is 40.7. The molecule has 0 amide bonds. The number of aromatic nitrogens is 3. The first-order chi connectivity index (χ1) is 30.1. The normalized spacial score (nSPS) is 15.0. The van der Waals surface area contributed by atoms with Crippen molar-refractivity contribution < 1.29 is 4.42 Å². The van der Waals surface area contributed by atoms with Crippen molar-refractivity contribution >= 4 is 27.5 Å². The lowest BCUT2D eigenvalue weighted by Crippen LogP contribution is -2.28.